The Balaban J connectivity index is 1.71. The highest BCUT2D eigenvalue weighted by Crippen LogP contribution is 2.26. The zero-order valence-corrected chi connectivity index (χ0v) is 18.3. The maximum Gasteiger partial charge on any atom is 0.337 e. The van der Waals surface area contributed by atoms with Crippen LogP contribution in [-0.4, -0.2) is 52.6 Å². The third-order valence-electron chi connectivity index (χ3n) is 4.46. The first kappa shape index (κ1) is 23.5. The van der Waals surface area contributed by atoms with Crippen LogP contribution < -0.4 is 5.32 Å². The number of carbonyl (C=O) groups excluding carboxylic acids is 1. The van der Waals surface area contributed by atoms with E-state index in [1.54, 1.807) is 30.3 Å². The van der Waals surface area contributed by atoms with Gasteiger partial charge in [-0.3, -0.25) is 9.78 Å². The lowest BCUT2D eigenvalue weighted by atomic mass is 10.1. The zero-order valence-electron chi connectivity index (χ0n) is 16.7. The molecule has 1 atom stereocenters. The molecule has 0 aliphatic carbocycles. The number of benzene rings is 2. The Bertz CT molecular complexity index is 1190. The van der Waals surface area contributed by atoms with Crippen molar-refractivity contribution in [1.82, 2.24) is 4.98 Å². The number of aromatic nitrogens is 1. The van der Waals surface area contributed by atoms with Crippen molar-refractivity contribution in [3.05, 3.63) is 84.7 Å². The Labute approximate surface area is 189 Å². The molecule has 0 bridgehead atoms. The molecular formula is C22H20N2O6S2. The van der Waals surface area contributed by atoms with Crippen LogP contribution in [0.25, 0.3) is 0 Å². The van der Waals surface area contributed by atoms with Crippen LogP contribution >= 0.6 is 11.8 Å². The average Bonchev–Trinajstić information content (AvgIpc) is 2.79. The van der Waals surface area contributed by atoms with Gasteiger partial charge in [-0.1, -0.05) is 18.2 Å². The van der Waals surface area contributed by atoms with Gasteiger partial charge in [0, 0.05) is 34.3 Å². The van der Waals surface area contributed by atoms with E-state index in [0.717, 1.165) is 11.8 Å². The molecule has 0 aliphatic heterocycles. The topological polar surface area (TPSA) is 134 Å². The molecule has 32 heavy (non-hydrogen) atoms. The van der Waals surface area contributed by atoms with E-state index >= 15 is 0 Å². The standard InChI is InChI=1S/C22H20N2O6S2/c25-20(16-10-12-23-13-11-16)24-17-6-8-19(9-7-17)32(29,30)15-22(28,21(26)27)14-31-18-4-2-1-3-5-18/h1-13,28H,14-15H2,(H,24,25)(H,26,27). The number of sulfone groups is 1. The van der Waals surface area contributed by atoms with Crippen molar-refractivity contribution in [3.8, 4) is 0 Å². The van der Waals surface area contributed by atoms with Crippen LogP contribution in [-0.2, 0) is 14.6 Å². The first-order valence-corrected chi connectivity index (χ1v) is 12.0. The second kappa shape index (κ2) is 9.94. The molecule has 1 unspecified atom stereocenters. The highest BCUT2D eigenvalue weighted by molar-refractivity contribution is 7.99. The van der Waals surface area contributed by atoms with Gasteiger partial charge in [0.25, 0.3) is 5.91 Å². The molecule has 0 saturated heterocycles. The molecule has 0 saturated carbocycles. The van der Waals surface area contributed by atoms with Gasteiger partial charge < -0.3 is 15.5 Å². The molecule has 0 aliphatic rings. The fraction of sp³-hybridized carbons (Fsp3) is 0.136. The number of carboxylic acids is 1. The Morgan fingerprint density at radius 3 is 2.19 bits per heavy atom. The number of amides is 1. The van der Waals surface area contributed by atoms with E-state index in [9.17, 15) is 28.2 Å². The lowest BCUT2D eigenvalue weighted by Gasteiger charge is -2.23. The summed E-state index contributed by atoms with van der Waals surface area (Å²) in [5, 5.41) is 22.7. The van der Waals surface area contributed by atoms with E-state index in [0.29, 0.717) is 16.1 Å². The molecule has 3 aromatic rings. The van der Waals surface area contributed by atoms with E-state index < -0.39 is 27.2 Å². The number of pyridine rings is 1. The van der Waals surface area contributed by atoms with Crippen LogP contribution in [0.15, 0.2) is 88.9 Å². The van der Waals surface area contributed by atoms with Crippen LogP contribution in [0.5, 0.6) is 0 Å². The Kier molecular flexibility index (Phi) is 7.29. The minimum Gasteiger partial charge on any atom is -0.479 e. The average molecular weight is 473 g/mol. The first-order chi connectivity index (χ1) is 15.2. The molecule has 8 nitrogen and oxygen atoms in total. The lowest BCUT2D eigenvalue weighted by molar-refractivity contribution is -0.153. The largest absolute Gasteiger partial charge is 0.479 e. The van der Waals surface area contributed by atoms with Crippen LogP contribution in [0, 0.1) is 0 Å². The zero-order chi connectivity index (χ0) is 23.2. The van der Waals surface area contributed by atoms with Gasteiger partial charge in [0.2, 0.25) is 0 Å². The van der Waals surface area contributed by atoms with Crippen molar-refractivity contribution >= 4 is 39.2 Å². The number of thioether (sulfide) groups is 1. The molecule has 1 amide bonds. The first-order valence-electron chi connectivity index (χ1n) is 9.37. The summed E-state index contributed by atoms with van der Waals surface area (Å²) in [6, 6.07) is 17.1. The molecule has 1 heterocycles. The van der Waals surface area contributed by atoms with Crippen molar-refractivity contribution in [3.63, 3.8) is 0 Å². The lowest BCUT2D eigenvalue weighted by Crippen LogP contribution is -2.47. The molecule has 2 aromatic carbocycles. The van der Waals surface area contributed by atoms with E-state index in [1.165, 1.54) is 48.8 Å². The number of carbonyl (C=O) groups is 2. The molecule has 0 radical (unpaired) electrons. The highest BCUT2D eigenvalue weighted by atomic mass is 32.2. The molecule has 3 rings (SSSR count). The number of carboxylic acid groups (broad SMARTS) is 1. The number of nitrogens with one attached hydrogen (secondary N) is 1. The number of hydrogen-bond donors (Lipinski definition) is 3. The van der Waals surface area contributed by atoms with Crippen LogP contribution in [0.2, 0.25) is 0 Å². The molecule has 0 fully saturated rings. The summed E-state index contributed by atoms with van der Waals surface area (Å²) in [5.41, 5.74) is -1.73. The van der Waals surface area contributed by atoms with Gasteiger partial charge in [-0.15, -0.1) is 11.8 Å². The third kappa shape index (κ3) is 5.94. The van der Waals surface area contributed by atoms with Crippen molar-refractivity contribution in [1.29, 1.82) is 0 Å². The maximum atomic E-state index is 12.8. The number of hydrogen-bond acceptors (Lipinski definition) is 7. The highest BCUT2D eigenvalue weighted by Gasteiger charge is 2.41. The fourth-order valence-electron chi connectivity index (χ4n) is 2.73. The summed E-state index contributed by atoms with van der Waals surface area (Å²) in [5.74, 6) is -3.34. The van der Waals surface area contributed by atoms with Crippen LogP contribution in [0.4, 0.5) is 5.69 Å². The van der Waals surface area contributed by atoms with E-state index in [4.69, 9.17) is 0 Å². The van der Waals surface area contributed by atoms with Gasteiger partial charge in [-0.2, -0.15) is 0 Å². The predicted octanol–water partition coefficient (Wildman–Crippen LogP) is 2.72. The summed E-state index contributed by atoms with van der Waals surface area (Å²) in [4.78, 5) is 28.3. The van der Waals surface area contributed by atoms with Crippen molar-refractivity contribution in [2.75, 3.05) is 16.8 Å². The Morgan fingerprint density at radius 2 is 1.59 bits per heavy atom. The van der Waals surface area contributed by atoms with Gasteiger partial charge in [-0.05, 0) is 48.5 Å². The Morgan fingerprint density at radius 1 is 0.969 bits per heavy atom. The van der Waals surface area contributed by atoms with E-state index in [2.05, 4.69) is 10.3 Å². The monoisotopic (exact) mass is 472 g/mol. The molecule has 1 aromatic heterocycles. The normalized spacial score (nSPS) is 13.2. The number of rotatable bonds is 9. The maximum absolute atomic E-state index is 12.8. The second-order valence-electron chi connectivity index (χ2n) is 6.91. The molecule has 166 valence electrons. The van der Waals surface area contributed by atoms with Crippen molar-refractivity contribution in [2.24, 2.45) is 0 Å². The van der Waals surface area contributed by atoms with Gasteiger partial charge in [-0.25, -0.2) is 13.2 Å². The fourth-order valence-corrected chi connectivity index (χ4v) is 5.42. The summed E-state index contributed by atoms with van der Waals surface area (Å²) >= 11 is 1.05. The smallest absolute Gasteiger partial charge is 0.337 e. The van der Waals surface area contributed by atoms with Crippen LogP contribution in [0.3, 0.4) is 0 Å². The summed E-state index contributed by atoms with van der Waals surface area (Å²) < 4.78 is 25.6. The van der Waals surface area contributed by atoms with E-state index in [-0.39, 0.29) is 16.6 Å². The van der Waals surface area contributed by atoms with Gasteiger partial charge >= 0.3 is 5.97 Å². The summed E-state index contributed by atoms with van der Waals surface area (Å²) in [6.07, 6.45) is 2.95. The van der Waals surface area contributed by atoms with Gasteiger partial charge in [0.1, 0.15) is 0 Å². The van der Waals surface area contributed by atoms with Crippen LogP contribution in [0.1, 0.15) is 10.4 Å². The third-order valence-corrected chi connectivity index (χ3v) is 7.54. The number of aliphatic carboxylic acids is 1. The predicted molar refractivity (Wildman–Crippen MR) is 120 cm³/mol. The second-order valence-corrected chi connectivity index (χ2v) is 9.95. The number of nitrogens with zero attached hydrogens (tertiary/aromatic N) is 1. The molecule has 3 N–H and O–H groups in total. The Hall–Kier alpha value is -3.21. The van der Waals surface area contributed by atoms with E-state index in [1.807, 2.05) is 0 Å². The SMILES string of the molecule is O=C(Nc1ccc(S(=O)(=O)CC(O)(CSc2ccccc2)C(=O)O)cc1)c1ccncc1. The molecular weight excluding hydrogens is 452 g/mol. The summed E-state index contributed by atoms with van der Waals surface area (Å²) in [6.45, 7) is 0. The molecule has 0 spiro atoms. The van der Waals surface area contributed by atoms with Gasteiger partial charge in [0.05, 0.1) is 10.6 Å². The minimum absolute atomic E-state index is 0.163. The molecule has 10 heteroatoms. The number of anilines is 1. The van der Waals surface area contributed by atoms with Crippen molar-refractivity contribution < 1.29 is 28.2 Å². The van der Waals surface area contributed by atoms with Gasteiger partial charge in [0.15, 0.2) is 15.4 Å². The number of aliphatic hydroxyl groups is 1. The minimum atomic E-state index is -4.13. The quantitative estimate of drug-likeness (QED) is 0.405. The summed E-state index contributed by atoms with van der Waals surface area (Å²) in [7, 11) is -4.13. The van der Waals surface area contributed by atoms with Crippen molar-refractivity contribution in [2.45, 2.75) is 15.4 Å².